The fraction of sp³-hybridized carbons (Fsp3) is 0.111. The summed E-state index contributed by atoms with van der Waals surface area (Å²) in [6.45, 7) is 1.88. The van der Waals surface area contributed by atoms with E-state index in [1.807, 2.05) is 37.3 Å². The summed E-state index contributed by atoms with van der Waals surface area (Å²) < 4.78 is 0. The van der Waals surface area contributed by atoms with Gasteiger partial charge in [0, 0.05) is 0 Å². The van der Waals surface area contributed by atoms with Crippen molar-refractivity contribution in [1.82, 2.24) is 0 Å². The summed E-state index contributed by atoms with van der Waals surface area (Å²) in [5.74, 6) is 0.0929. The number of hydrogen-bond acceptors (Lipinski definition) is 1. The molecule has 68 valence electrons. The lowest BCUT2D eigenvalue weighted by Gasteiger charge is -1.95. The third kappa shape index (κ3) is 2.94. The van der Waals surface area contributed by atoms with Gasteiger partial charge in [-0.25, -0.2) is 0 Å². The largest absolute Gasteiger partial charge is 0.362 e. The first-order valence-corrected chi connectivity index (χ1v) is 3.94. The minimum absolute atomic E-state index is 0.0929. The Bertz CT molecular complexity index is 323. The van der Waals surface area contributed by atoms with Gasteiger partial charge in [-0.1, -0.05) is 30.3 Å². The van der Waals surface area contributed by atoms with Gasteiger partial charge in [-0.05, 0) is 12.5 Å². The molecule has 0 aliphatic carbocycles. The van der Waals surface area contributed by atoms with Crippen LogP contribution in [0.3, 0.4) is 0 Å². The van der Waals surface area contributed by atoms with Gasteiger partial charge >= 0.3 is 5.96 Å². The van der Waals surface area contributed by atoms with E-state index in [0.29, 0.717) is 0 Å². The van der Waals surface area contributed by atoms with Crippen LogP contribution in [-0.4, -0.2) is 11.7 Å². The molecule has 0 fully saturated rings. The molecule has 13 heavy (non-hydrogen) atoms. The number of guanidine groups is 1. The van der Waals surface area contributed by atoms with Crippen molar-refractivity contribution in [1.29, 1.82) is 0 Å². The molecular formula is C9H13N4+. The summed E-state index contributed by atoms with van der Waals surface area (Å²) in [7, 11) is 0. The Balaban J connectivity index is 2.86. The minimum Gasteiger partial charge on any atom is -0.289 e. The smallest absolute Gasteiger partial charge is 0.289 e. The minimum atomic E-state index is 0.0929. The molecule has 0 heterocycles. The summed E-state index contributed by atoms with van der Waals surface area (Å²) in [6.07, 6.45) is 0. The van der Waals surface area contributed by atoms with Crippen molar-refractivity contribution in [2.75, 3.05) is 0 Å². The molecule has 4 nitrogen and oxygen atoms in total. The molecule has 0 amide bonds. The standard InChI is InChI=1S/C9H12N4/c1-7(12-13-9(10)11)8-5-3-2-4-6-8/h2-6H,1H3,(H4,10,11,13)/p+1/b12-7+. The molecule has 0 aliphatic rings. The maximum Gasteiger partial charge on any atom is 0.362 e. The van der Waals surface area contributed by atoms with Gasteiger partial charge in [0.2, 0.25) is 0 Å². The normalized spacial score (nSPS) is 11.0. The van der Waals surface area contributed by atoms with Crippen molar-refractivity contribution >= 4 is 11.7 Å². The van der Waals surface area contributed by atoms with Gasteiger partial charge in [-0.3, -0.25) is 11.5 Å². The second-order valence-electron chi connectivity index (χ2n) is 2.63. The first-order valence-electron chi connectivity index (χ1n) is 3.94. The number of hydrazone groups is 1. The molecule has 0 unspecified atom stereocenters. The van der Waals surface area contributed by atoms with Crippen molar-refractivity contribution in [3.8, 4) is 0 Å². The molecule has 5 N–H and O–H groups in total. The van der Waals surface area contributed by atoms with Crippen LogP contribution >= 0.6 is 0 Å². The summed E-state index contributed by atoms with van der Waals surface area (Å²) >= 11 is 0. The van der Waals surface area contributed by atoms with E-state index in [9.17, 15) is 0 Å². The topological polar surface area (TPSA) is 78.4 Å². The molecule has 0 spiro atoms. The Labute approximate surface area is 77.0 Å². The van der Waals surface area contributed by atoms with Gasteiger partial charge in [0.05, 0.1) is 5.71 Å². The Morgan fingerprint density at radius 1 is 1.23 bits per heavy atom. The van der Waals surface area contributed by atoms with Crippen LogP contribution in [0.4, 0.5) is 0 Å². The van der Waals surface area contributed by atoms with Crippen molar-refractivity contribution in [3.05, 3.63) is 35.9 Å². The number of nitrogens with zero attached hydrogens (tertiary/aromatic N) is 1. The second kappa shape index (κ2) is 4.25. The van der Waals surface area contributed by atoms with Crippen molar-refractivity contribution in [3.63, 3.8) is 0 Å². The van der Waals surface area contributed by atoms with Crippen LogP contribution in [0.1, 0.15) is 12.5 Å². The third-order valence-electron chi connectivity index (χ3n) is 1.54. The molecular weight excluding hydrogens is 164 g/mol. The molecule has 1 aromatic rings. The maximum absolute atomic E-state index is 5.20. The van der Waals surface area contributed by atoms with Gasteiger partial charge < -0.3 is 0 Å². The SMILES string of the molecule is C/C(=N\[NH+]=C(N)N)c1ccccc1. The average molecular weight is 177 g/mol. The highest BCUT2D eigenvalue weighted by atomic mass is 15.3. The van der Waals surface area contributed by atoms with Gasteiger partial charge in [0.1, 0.15) is 0 Å². The summed E-state index contributed by atoms with van der Waals surface area (Å²) in [4.78, 5) is 0. The Morgan fingerprint density at radius 3 is 2.38 bits per heavy atom. The fourth-order valence-electron chi connectivity index (χ4n) is 0.892. The molecule has 0 bridgehead atoms. The lowest BCUT2D eigenvalue weighted by atomic mass is 10.1. The van der Waals surface area contributed by atoms with E-state index in [0.717, 1.165) is 11.3 Å². The van der Waals surface area contributed by atoms with Crippen molar-refractivity contribution in [2.45, 2.75) is 6.92 Å². The molecule has 0 saturated heterocycles. The van der Waals surface area contributed by atoms with Crippen LogP contribution in [0.25, 0.3) is 0 Å². The van der Waals surface area contributed by atoms with E-state index < -0.39 is 0 Å². The van der Waals surface area contributed by atoms with Crippen LogP contribution in [0.5, 0.6) is 0 Å². The highest BCUT2D eigenvalue weighted by molar-refractivity contribution is 5.98. The average Bonchev–Trinajstić information content (AvgIpc) is 2.15. The van der Waals surface area contributed by atoms with E-state index in [1.165, 1.54) is 0 Å². The van der Waals surface area contributed by atoms with Gasteiger partial charge in [0.15, 0.2) is 0 Å². The van der Waals surface area contributed by atoms with E-state index in [4.69, 9.17) is 11.5 Å². The molecule has 1 rings (SSSR count). The molecule has 0 saturated carbocycles. The number of benzene rings is 1. The fourth-order valence-corrected chi connectivity index (χ4v) is 0.892. The first-order chi connectivity index (χ1) is 6.20. The number of nitrogens with two attached hydrogens (primary N) is 2. The summed E-state index contributed by atoms with van der Waals surface area (Å²) in [5, 5.41) is 6.48. The van der Waals surface area contributed by atoms with Gasteiger partial charge in [-0.15, -0.1) is 5.10 Å². The first kappa shape index (κ1) is 9.25. The third-order valence-corrected chi connectivity index (χ3v) is 1.54. The lowest BCUT2D eigenvalue weighted by Crippen LogP contribution is -2.72. The zero-order valence-electron chi connectivity index (χ0n) is 7.49. The van der Waals surface area contributed by atoms with E-state index in [1.54, 1.807) is 0 Å². The second-order valence-corrected chi connectivity index (χ2v) is 2.63. The van der Waals surface area contributed by atoms with E-state index >= 15 is 0 Å². The molecule has 0 atom stereocenters. The Kier molecular flexibility index (Phi) is 3.03. The number of rotatable bonds is 2. The number of hydrogen-bond donors (Lipinski definition) is 3. The zero-order valence-corrected chi connectivity index (χ0v) is 7.49. The van der Waals surface area contributed by atoms with Crippen LogP contribution in [-0.2, 0) is 0 Å². The van der Waals surface area contributed by atoms with Crippen molar-refractivity contribution < 1.29 is 5.10 Å². The maximum atomic E-state index is 5.20. The highest BCUT2D eigenvalue weighted by Crippen LogP contribution is 1.98. The van der Waals surface area contributed by atoms with Crippen LogP contribution in [0.2, 0.25) is 0 Å². The predicted octanol–water partition coefficient (Wildman–Crippen LogP) is -1.24. The summed E-state index contributed by atoms with van der Waals surface area (Å²) in [6, 6.07) is 9.78. The highest BCUT2D eigenvalue weighted by Gasteiger charge is 1.94. The van der Waals surface area contributed by atoms with Gasteiger partial charge in [0.25, 0.3) is 0 Å². The van der Waals surface area contributed by atoms with E-state index in [-0.39, 0.29) is 5.96 Å². The Morgan fingerprint density at radius 2 is 1.85 bits per heavy atom. The Hall–Kier alpha value is -1.84. The van der Waals surface area contributed by atoms with Crippen LogP contribution < -0.4 is 16.6 Å². The van der Waals surface area contributed by atoms with Crippen molar-refractivity contribution in [2.24, 2.45) is 16.6 Å². The number of nitrogens with one attached hydrogen (secondary N) is 1. The van der Waals surface area contributed by atoms with Crippen LogP contribution in [0, 0.1) is 0 Å². The monoisotopic (exact) mass is 177 g/mol. The predicted molar refractivity (Wildman–Crippen MR) is 53.0 cm³/mol. The molecule has 4 heteroatoms. The molecule has 0 radical (unpaired) electrons. The molecule has 0 aliphatic heterocycles. The molecule has 1 aromatic carbocycles. The van der Waals surface area contributed by atoms with E-state index in [2.05, 4.69) is 10.2 Å². The quantitative estimate of drug-likeness (QED) is 0.300. The van der Waals surface area contributed by atoms with Gasteiger partial charge in [-0.2, -0.15) is 5.10 Å². The lowest BCUT2D eigenvalue weighted by molar-refractivity contribution is -0.464. The summed E-state index contributed by atoms with van der Waals surface area (Å²) in [5.41, 5.74) is 12.3. The zero-order chi connectivity index (χ0) is 9.68. The molecule has 0 aromatic heterocycles. The van der Waals surface area contributed by atoms with Crippen LogP contribution in [0.15, 0.2) is 35.4 Å².